The molecule has 12 heavy (non-hydrogen) atoms. The third-order valence-corrected chi connectivity index (χ3v) is 2.15. The van der Waals surface area contributed by atoms with E-state index in [2.05, 4.69) is 38.4 Å². The summed E-state index contributed by atoms with van der Waals surface area (Å²) < 4.78 is 0. The molecule has 1 nitrogen and oxygen atoms in total. The standard InChI is InChI=1S/C11H19N/c1-4-10-5-6-11(12-8-10)7-9(2)3/h6,8-9,12H,4-5,7H2,1-3H3. The highest BCUT2D eigenvalue weighted by Crippen LogP contribution is 2.17. The van der Waals surface area contributed by atoms with E-state index in [0.717, 1.165) is 12.3 Å². The zero-order valence-corrected chi connectivity index (χ0v) is 8.35. The average Bonchev–Trinajstić information content (AvgIpc) is 2.05. The van der Waals surface area contributed by atoms with Crippen LogP contribution in [0.5, 0.6) is 0 Å². The minimum Gasteiger partial charge on any atom is -0.365 e. The molecule has 0 aromatic rings. The van der Waals surface area contributed by atoms with Crippen molar-refractivity contribution in [2.75, 3.05) is 0 Å². The molecule has 0 aromatic carbocycles. The molecule has 1 N–H and O–H groups in total. The molecule has 1 rings (SSSR count). The second-order valence-corrected chi connectivity index (χ2v) is 3.83. The summed E-state index contributed by atoms with van der Waals surface area (Å²) in [4.78, 5) is 0. The summed E-state index contributed by atoms with van der Waals surface area (Å²) in [5, 5.41) is 3.35. The molecule has 0 fully saturated rings. The van der Waals surface area contributed by atoms with Crippen LogP contribution in [0.15, 0.2) is 23.5 Å². The first kappa shape index (κ1) is 9.37. The summed E-state index contributed by atoms with van der Waals surface area (Å²) in [6, 6.07) is 0. The van der Waals surface area contributed by atoms with Gasteiger partial charge in [-0.1, -0.05) is 32.4 Å². The molecular weight excluding hydrogens is 146 g/mol. The van der Waals surface area contributed by atoms with E-state index in [0.29, 0.717) is 0 Å². The van der Waals surface area contributed by atoms with Crippen LogP contribution in [0, 0.1) is 5.92 Å². The van der Waals surface area contributed by atoms with Crippen molar-refractivity contribution < 1.29 is 0 Å². The second kappa shape index (κ2) is 4.34. The molecule has 0 saturated carbocycles. The third-order valence-electron chi connectivity index (χ3n) is 2.15. The maximum atomic E-state index is 3.35. The van der Waals surface area contributed by atoms with E-state index in [4.69, 9.17) is 0 Å². The van der Waals surface area contributed by atoms with Gasteiger partial charge in [0.15, 0.2) is 0 Å². The zero-order valence-electron chi connectivity index (χ0n) is 8.35. The Morgan fingerprint density at radius 1 is 1.50 bits per heavy atom. The Morgan fingerprint density at radius 3 is 2.67 bits per heavy atom. The van der Waals surface area contributed by atoms with Crippen molar-refractivity contribution in [1.82, 2.24) is 5.32 Å². The van der Waals surface area contributed by atoms with Crippen LogP contribution in [0.2, 0.25) is 0 Å². The summed E-state index contributed by atoms with van der Waals surface area (Å²) in [6.45, 7) is 6.71. The molecular formula is C11H19N. The highest BCUT2D eigenvalue weighted by atomic mass is 14.9. The molecule has 0 spiro atoms. The molecule has 1 aliphatic heterocycles. The summed E-state index contributed by atoms with van der Waals surface area (Å²) >= 11 is 0. The fourth-order valence-electron chi connectivity index (χ4n) is 1.40. The van der Waals surface area contributed by atoms with Gasteiger partial charge in [0, 0.05) is 11.9 Å². The number of hydrogen-bond acceptors (Lipinski definition) is 1. The van der Waals surface area contributed by atoms with Gasteiger partial charge in [-0.3, -0.25) is 0 Å². The van der Waals surface area contributed by atoms with Crippen molar-refractivity contribution >= 4 is 0 Å². The van der Waals surface area contributed by atoms with Gasteiger partial charge in [0.2, 0.25) is 0 Å². The quantitative estimate of drug-likeness (QED) is 0.677. The van der Waals surface area contributed by atoms with Gasteiger partial charge in [-0.15, -0.1) is 0 Å². The normalized spacial score (nSPS) is 17.0. The maximum Gasteiger partial charge on any atom is 0.0111 e. The lowest BCUT2D eigenvalue weighted by atomic mass is 10.0. The molecule has 0 aliphatic carbocycles. The predicted molar refractivity (Wildman–Crippen MR) is 53.7 cm³/mol. The van der Waals surface area contributed by atoms with Crippen LogP contribution in [0.1, 0.15) is 40.0 Å². The molecule has 1 heterocycles. The van der Waals surface area contributed by atoms with E-state index >= 15 is 0 Å². The van der Waals surface area contributed by atoms with E-state index in [9.17, 15) is 0 Å². The van der Waals surface area contributed by atoms with Crippen molar-refractivity contribution in [3.05, 3.63) is 23.5 Å². The lowest BCUT2D eigenvalue weighted by molar-refractivity contribution is 0.617. The Morgan fingerprint density at radius 2 is 2.25 bits per heavy atom. The van der Waals surface area contributed by atoms with Gasteiger partial charge in [0.25, 0.3) is 0 Å². The molecule has 1 aliphatic rings. The van der Waals surface area contributed by atoms with E-state index < -0.39 is 0 Å². The Bertz CT molecular complexity index is 199. The van der Waals surface area contributed by atoms with Gasteiger partial charge in [0.1, 0.15) is 0 Å². The number of nitrogens with one attached hydrogen (secondary N) is 1. The molecule has 1 heteroatoms. The first-order valence-corrected chi connectivity index (χ1v) is 4.85. The summed E-state index contributed by atoms with van der Waals surface area (Å²) in [5.41, 5.74) is 2.89. The van der Waals surface area contributed by atoms with Crippen LogP contribution >= 0.6 is 0 Å². The lowest BCUT2D eigenvalue weighted by Gasteiger charge is -2.16. The molecule has 0 amide bonds. The first-order chi connectivity index (χ1) is 5.72. The molecule has 0 unspecified atom stereocenters. The first-order valence-electron chi connectivity index (χ1n) is 4.85. The van der Waals surface area contributed by atoms with Crippen molar-refractivity contribution in [2.45, 2.75) is 40.0 Å². The van der Waals surface area contributed by atoms with Crippen LogP contribution in [-0.2, 0) is 0 Å². The zero-order chi connectivity index (χ0) is 8.97. The molecule has 0 saturated heterocycles. The van der Waals surface area contributed by atoms with E-state index in [1.807, 2.05) is 0 Å². The maximum absolute atomic E-state index is 3.35. The molecule has 0 bridgehead atoms. The van der Waals surface area contributed by atoms with Gasteiger partial charge in [-0.05, 0) is 25.2 Å². The van der Waals surface area contributed by atoms with Crippen LogP contribution < -0.4 is 5.32 Å². The van der Waals surface area contributed by atoms with Crippen molar-refractivity contribution in [1.29, 1.82) is 0 Å². The van der Waals surface area contributed by atoms with E-state index in [1.54, 1.807) is 0 Å². The Kier molecular flexibility index (Phi) is 3.39. The Hall–Kier alpha value is -0.720. The average molecular weight is 165 g/mol. The molecule has 0 aromatic heterocycles. The number of allylic oxidation sites excluding steroid dienone is 3. The van der Waals surface area contributed by atoms with Crippen molar-refractivity contribution in [2.24, 2.45) is 5.92 Å². The minimum atomic E-state index is 0.750. The van der Waals surface area contributed by atoms with Gasteiger partial charge < -0.3 is 5.32 Å². The minimum absolute atomic E-state index is 0.750. The van der Waals surface area contributed by atoms with E-state index in [1.165, 1.54) is 24.1 Å². The molecule has 0 atom stereocenters. The van der Waals surface area contributed by atoms with Gasteiger partial charge >= 0.3 is 0 Å². The van der Waals surface area contributed by atoms with Crippen molar-refractivity contribution in [3.63, 3.8) is 0 Å². The second-order valence-electron chi connectivity index (χ2n) is 3.83. The number of rotatable bonds is 3. The lowest BCUT2D eigenvalue weighted by Crippen LogP contribution is -2.12. The smallest absolute Gasteiger partial charge is 0.0111 e. The summed E-state index contributed by atoms with van der Waals surface area (Å²) in [6.07, 6.45) is 7.97. The Labute approximate surface area is 75.6 Å². The third kappa shape index (κ3) is 2.72. The fourth-order valence-corrected chi connectivity index (χ4v) is 1.40. The van der Waals surface area contributed by atoms with Gasteiger partial charge in [0.05, 0.1) is 0 Å². The predicted octanol–water partition coefficient (Wildman–Crippen LogP) is 3.20. The molecule has 68 valence electrons. The number of dihydropyridines is 1. The number of hydrogen-bond donors (Lipinski definition) is 1. The SMILES string of the molecule is CCC1=CNC(CC(C)C)=CC1. The summed E-state index contributed by atoms with van der Waals surface area (Å²) in [7, 11) is 0. The fraction of sp³-hybridized carbons (Fsp3) is 0.636. The van der Waals surface area contributed by atoms with Crippen LogP contribution in [0.4, 0.5) is 0 Å². The van der Waals surface area contributed by atoms with E-state index in [-0.39, 0.29) is 0 Å². The molecule has 0 radical (unpaired) electrons. The Balaban J connectivity index is 2.39. The summed E-state index contributed by atoms with van der Waals surface area (Å²) in [5.74, 6) is 0.750. The van der Waals surface area contributed by atoms with Crippen LogP contribution in [0.25, 0.3) is 0 Å². The highest BCUT2D eigenvalue weighted by Gasteiger charge is 2.04. The van der Waals surface area contributed by atoms with Gasteiger partial charge in [-0.25, -0.2) is 0 Å². The monoisotopic (exact) mass is 165 g/mol. The van der Waals surface area contributed by atoms with Crippen LogP contribution in [0.3, 0.4) is 0 Å². The van der Waals surface area contributed by atoms with Crippen LogP contribution in [-0.4, -0.2) is 0 Å². The van der Waals surface area contributed by atoms with Gasteiger partial charge in [-0.2, -0.15) is 0 Å². The largest absolute Gasteiger partial charge is 0.365 e. The topological polar surface area (TPSA) is 12.0 Å². The highest BCUT2D eigenvalue weighted by molar-refractivity contribution is 5.18. The van der Waals surface area contributed by atoms with Crippen molar-refractivity contribution in [3.8, 4) is 0 Å².